The third-order valence-electron chi connectivity index (χ3n) is 17.6. The second kappa shape index (κ2) is 24.6. The van der Waals surface area contributed by atoms with E-state index in [4.69, 9.17) is 34.1 Å². The van der Waals surface area contributed by atoms with Crippen LogP contribution in [0.4, 0.5) is 23.0 Å². The van der Waals surface area contributed by atoms with Gasteiger partial charge in [0.1, 0.15) is 30.1 Å². The van der Waals surface area contributed by atoms with Crippen LogP contribution in [0.25, 0.3) is 21.5 Å². The first kappa shape index (κ1) is 56.4. The normalized spacial score (nSPS) is 21.7. The molecule has 4 fully saturated rings. The monoisotopic (exact) mass is 1140 g/mol. The number of morpholine rings is 1. The average molecular weight is 1140 g/mol. The van der Waals surface area contributed by atoms with Crippen LogP contribution in [0, 0.1) is 11.3 Å². The number of piperazine rings is 2. The molecule has 21 nitrogen and oxygen atoms in total. The Hall–Kier alpha value is -8.13. The third-order valence-corrected chi connectivity index (χ3v) is 17.6. The molecule has 21 heteroatoms. The van der Waals surface area contributed by atoms with Crippen LogP contribution in [0.15, 0.2) is 98.1 Å². The number of β-amino-alcohol motifs (C(OH)–C–C–N with tert-alkyl or cyclic N) is 1. The lowest BCUT2D eigenvalue weighted by atomic mass is 9.97. The summed E-state index contributed by atoms with van der Waals surface area (Å²) in [6, 6.07) is 26.8. The molecule has 84 heavy (non-hydrogen) atoms. The van der Waals surface area contributed by atoms with E-state index in [-0.39, 0.29) is 60.8 Å². The zero-order chi connectivity index (χ0) is 58.0. The van der Waals surface area contributed by atoms with Crippen molar-refractivity contribution in [1.29, 1.82) is 5.26 Å². The molecule has 12 rings (SSSR count). The van der Waals surface area contributed by atoms with Gasteiger partial charge in [0.05, 0.1) is 68.4 Å². The number of likely N-dealkylation sites (N-methyl/N-ethyl adjacent to an activating group) is 1. The van der Waals surface area contributed by atoms with Crippen LogP contribution in [-0.4, -0.2) is 203 Å². The van der Waals surface area contributed by atoms with E-state index in [0.717, 1.165) is 72.6 Å². The molecule has 3 unspecified atom stereocenters. The number of hydrogen-bond donors (Lipinski definition) is 3. The van der Waals surface area contributed by atoms with Gasteiger partial charge in [0, 0.05) is 130 Å². The fourth-order valence-electron chi connectivity index (χ4n) is 13.2. The van der Waals surface area contributed by atoms with Crippen molar-refractivity contribution in [2.45, 2.75) is 69.2 Å². The molecule has 5 atom stereocenters. The number of carbonyl (C=O) groups excluding carboxylic acids is 2. The average Bonchev–Trinajstić information content (AvgIpc) is 3.37. The van der Waals surface area contributed by atoms with Gasteiger partial charge >= 0.3 is 12.0 Å². The topological polar surface area (TPSA) is 224 Å². The second-order valence-electron chi connectivity index (χ2n) is 22.9. The van der Waals surface area contributed by atoms with Gasteiger partial charge in [-0.3, -0.25) is 19.4 Å². The highest BCUT2D eigenvalue weighted by molar-refractivity contribution is 5.97. The summed E-state index contributed by atoms with van der Waals surface area (Å²) in [5.41, 5.74) is 6.67. The Morgan fingerprint density at radius 1 is 0.750 bits per heavy atom. The minimum atomic E-state index is -0.672. The molecule has 2 amide bonds. The van der Waals surface area contributed by atoms with Crippen molar-refractivity contribution in [3.8, 4) is 23.8 Å². The summed E-state index contributed by atoms with van der Waals surface area (Å²) in [5.74, 6) is 1.42. The molecular formula is C63H73N13O8. The molecule has 0 spiro atoms. The number of rotatable bonds is 16. The second-order valence-corrected chi connectivity index (χ2v) is 22.9. The van der Waals surface area contributed by atoms with Crippen molar-refractivity contribution in [2.24, 2.45) is 0 Å². The van der Waals surface area contributed by atoms with E-state index >= 15 is 0 Å². The van der Waals surface area contributed by atoms with Gasteiger partial charge in [-0.1, -0.05) is 61.7 Å². The molecule has 3 N–H and O–H groups in total. The highest BCUT2D eigenvalue weighted by atomic mass is 16.5. The van der Waals surface area contributed by atoms with Crippen molar-refractivity contribution in [3.05, 3.63) is 126 Å². The number of aliphatic hydroxyl groups excluding tert-OH is 2. The van der Waals surface area contributed by atoms with Crippen molar-refractivity contribution >= 4 is 56.4 Å². The molecule has 2 aromatic heterocycles. The van der Waals surface area contributed by atoms with Crippen LogP contribution >= 0.6 is 0 Å². The first-order valence-electron chi connectivity index (χ1n) is 29.3. The number of aromatic nitrogens is 4. The van der Waals surface area contributed by atoms with E-state index < -0.39 is 12.2 Å². The number of hydrogen-bond acceptors (Lipinski definition) is 19. The maximum Gasteiger partial charge on any atom is 0.319 e. The van der Waals surface area contributed by atoms with Gasteiger partial charge in [0.15, 0.2) is 0 Å². The summed E-state index contributed by atoms with van der Waals surface area (Å²) in [7, 11) is 1.98. The Morgan fingerprint density at radius 2 is 1.39 bits per heavy atom. The maximum absolute atomic E-state index is 12.9. The molecule has 438 valence electrons. The quantitative estimate of drug-likeness (QED) is 0.113. The molecule has 0 bridgehead atoms. The minimum absolute atomic E-state index is 0.000976. The summed E-state index contributed by atoms with van der Waals surface area (Å²) < 4.78 is 19.7. The van der Waals surface area contributed by atoms with E-state index in [1.165, 1.54) is 12.2 Å². The zero-order valence-electron chi connectivity index (χ0n) is 47.6. The van der Waals surface area contributed by atoms with Crippen LogP contribution in [0.2, 0.25) is 0 Å². The Bertz CT molecular complexity index is 3500. The lowest BCUT2D eigenvalue weighted by Gasteiger charge is -2.42. The minimum Gasteiger partial charge on any atom is -0.508 e. The van der Waals surface area contributed by atoms with Crippen LogP contribution < -0.4 is 29.1 Å². The number of aromatic hydroxyl groups is 1. The lowest BCUT2D eigenvalue weighted by Crippen LogP contribution is -2.55. The molecule has 8 heterocycles. The zero-order valence-corrected chi connectivity index (χ0v) is 47.6. The first-order valence-corrected chi connectivity index (χ1v) is 29.3. The Kier molecular flexibility index (Phi) is 16.5. The largest absolute Gasteiger partial charge is 0.508 e. The first-order chi connectivity index (χ1) is 40.9. The van der Waals surface area contributed by atoms with Gasteiger partial charge in [-0.2, -0.15) is 25.2 Å². The van der Waals surface area contributed by atoms with Gasteiger partial charge < -0.3 is 58.9 Å². The number of nitrogens with zero attached hydrogens (tertiary/aromatic N) is 13. The van der Waals surface area contributed by atoms with E-state index in [1.54, 1.807) is 15.9 Å². The Morgan fingerprint density at radius 3 is 2.06 bits per heavy atom. The lowest BCUT2D eigenvalue weighted by molar-refractivity contribution is -0.128. The summed E-state index contributed by atoms with van der Waals surface area (Å²) in [4.78, 5) is 62.7. The van der Waals surface area contributed by atoms with Crippen LogP contribution in [0.5, 0.6) is 17.8 Å². The van der Waals surface area contributed by atoms with Crippen molar-refractivity contribution < 1.29 is 39.1 Å². The highest BCUT2D eigenvalue weighted by Crippen LogP contribution is 2.40. The highest BCUT2D eigenvalue weighted by Gasteiger charge is 2.36. The van der Waals surface area contributed by atoms with Gasteiger partial charge in [0.25, 0.3) is 0 Å². The summed E-state index contributed by atoms with van der Waals surface area (Å²) in [6.45, 7) is 15.9. The van der Waals surface area contributed by atoms with Crippen LogP contribution in [0.3, 0.4) is 0 Å². The molecule has 6 aliphatic rings. The molecular weight excluding hydrogens is 1070 g/mol. The predicted octanol–water partition coefficient (Wildman–Crippen LogP) is 4.61. The summed E-state index contributed by atoms with van der Waals surface area (Å²) in [5, 5.41) is 46.2. The SMILES string of the molecule is C=CC(=O)N1CCN(c2nc(OC(CO)CN3CCOC(c4cc(N5CCc6c(nc(OC[C@@H]7C[C@@H](O)CN7C)nc6N6CCN(C(=O)C=C)C(CC#N)C6)C5)c5ccccc5c4)C3)nc3c2CCN(c2cc(O)cc4ccccc24)C3)CC1. The molecule has 0 saturated carbocycles. The molecule has 4 saturated heterocycles. The van der Waals surface area contributed by atoms with Crippen LogP contribution in [0.1, 0.15) is 47.0 Å². The van der Waals surface area contributed by atoms with Crippen molar-refractivity contribution in [2.75, 3.05) is 132 Å². The standard InChI is InChI=1S/C63H73N13O8/c1-4-58(80)71-20-22-72(23-21-71)60-51-15-19-74(56-32-46(78)29-42-11-7-9-13-50(42)56)37-54(51)66-63(68-60)84-48(39-77)35-70-26-27-82-57(38-70)43-28-41-10-6-8-12-49(41)55(30-43)73-18-16-52-53(36-73)65-62(83-40-45-31-47(79)34-69(45)3)67-61(52)75-24-25-76(59(81)5-2)44(33-75)14-17-64/h4-13,28-30,32,44-45,47-48,57,77-79H,1-2,14-16,18-27,31,33-40H2,3H3/t44?,45-,47+,48?,57?/m0/s1. The predicted molar refractivity (Wildman–Crippen MR) is 319 cm³/mol. The number of likely N-dealkylation sites (tertiary alicyclic amines) is 1. The van der Waals surface area contributed by atoms with E-state index in [9.17, 15) is 30.2 Å². The number of anilines is 4. The van der Waals surface area contributed by atoms with E-state index in [1.807, 2.05) is 31.3 Å². The van der Waals surface area contributed by atoms with Gasteiger partial charge in [-0.25, -0.2) is 0 Å². The summed E-state index contributed by atoms with van der Waals surface area (Å²) in [6.07, 6.45) is 3.32. The summed E-state index contributed by atoms with van der Waals surface area (Å²) >= 11 is 0. The fraction of sp³-hybridized carbons (Fsp3) is 0.444. The smallest absolute Gasteiger partial charge is 0.319 e. The number of aliphatic hydroxyl groups is 2. The van der Waals surface area contributed by atoms with E-state index in [0.29, 0.717) is 131 Å². The number of benzene rings is 4. The van der Waals surface area contributed by atoms with Gasteiger partial charge in [-0.05, 0) is 73.0 Å². The Labute approximate surface area is 489 Å². The van der Waals surface area contributed by atoms with Crippen molar-refractivity contribution in [3.63, 3.8) is 0 Å². The Balaban J connectivity index is 0.791. The number of phenolic OH excluding ortho intramolecular Hbond substituents is 1. The maximum atomic E-state index is 12.9. The van der Waals surface area contributed by atoms with Crippen molar-refractivity contribution in [1.82, 2.24) is 39.5 Å². The molecule has 6 aliphatic heterocycles. The van der Waals surface area contributed by atoms with Crippen LogP contribution in [-0.2, 0) is 40.3 Å². The number of nitriles is 1. The number of carbonyl (C=O) groups is 2. The fourth-order valence-corrected chi connectivity index (χ4v) is 13.2. The molecule has 0 aliphatic carbocycles. The third kappa shape index (κ3) is 11.7. The molecule has 6 aromatic rings. The van der Waals surface area contributed by atoms with Gasteiger partial charge in [0.2, 0.25) is 11.8 Å². The number of fused-ring (bicyclic) bond motifs is 4. The molecule has 4 aromatic carbocycles. The number of ether oxygens (including phenoxy) is 3. The number of amides is 2. The van der Waals surface area contributed by atoms with E-state index in [2.05, 4.69) is 91.1 Å². The molecule has 0 radical (unpaired) electrons. The number of phenols is 1. The van der Waals surface area contributed by atoms with Gasteiger partial charge in [-0.15, -0.1) is 0 Å².